The number of hydrogen-bond acceptors (Lipinski definition) is 3. The third kappa shape index (κ3) is 3.76. The fourth-order valence-corrected chi connectivity index (χ4v) is 3.31. The Morgan fingerprint density at radius 2 is 1.57 bits per heavy atom. The van der Waals surface area contributed by atoms with E-state index in [1.807, 2.05) is 38.1 Å². The quantitative estimate of drug-likeness (QED) is 0.857. The molecule has 0 unspecified atom stereocenters. The van der Waals surface area contributed by atoms with E-state index in [2.05, 4.69) is 10.0 Å². The molecule has 21 heavy (non-hydrogen) atoms. The van der Waals surface area contributed by atoms with Crippen LogP contribution in [0.25, 0.3) is 0 Å². The summed E-state index contributed by atoms with van der Waals surface area (Å²) in [6.07, 6.45) is 0.930. The Labute approximate surface area is 126 Å². The topological polar surface area (TPSA) is 58.2 Å². The molecule has 0 saturated heterocycles. The number of para-hydroxylation sites is 2. The van der Waals surface area contributed by atoms with Crippen LogP contribution in [-0.4, -0.2) is 15.0 Å². The minimum Gasteiger partial charge on any atom is -0.384 e. The van der Waals surface area contributed by atoms with Gasteiger partial charge in [-0.1, -0.05) is 37.3 Å². The molecule has 0 radical (unpaired) electrons. The van der Waals surface area contributed by atoms with E-state index < -0.39 is 10.0 Å². The molecule has 2 aromatic carbocycles. The van der Waals surface area contributed by atoms with Crippen LogP contribution in [0.2, 0.25) is 0 Å². The van der Waals surface area contributed by atoms with Crippen LogP contribution in [-0.2, 0) is 10.0 Å². The number of rotatable bonds is 6. The lowest BCUT2D eigenvalue weighted by molar-refractivity contribution is 0.601. The summed E-state index contributed by atoms with van der Waals surface area (Å²) in [5.41, 5.74) is 2.11. The Bertz CT molecular complexity index is 712. The van der Waals surface area contributed by atoms with Gasteiger partial charge in [-0.25, -0.2) is 8.42 Å². The SMILES string of the molecule is CCCNc1ccccc1S(=O)(=O)Nc1ccccc1C. The van der Waals surface area contributed by atoms with Gasteiger partial charge in [0.1, 0.15) is 4.90 Å². The number of aryl methyl sites for hydroxylation is 1. The average molecular weight is 304 g/mol. The van der Waals surface area contributed by atoms with Crippen LogP contribution < -0.4 is 10.0 Å². The second-order valence-corrected chi connectivity index (χ2v) is 6.49. The van der Waals surface area contributed by atoms with Gasteiger partial charge in [-0.2, -0.15) is 0 Å². The summed E-state index contributed by atoms with van der Waals surface area (Å²) < 4.78 is 27.8. The Kier molecular flexibility index (Phi) is 4.85. The minimum absolute atomic E-state index is 0.265. The second-order valence-electron chi connectivity index (χ2n) is 4.84. The standard InChI is InChI=1S/C16H20N2O2S/c1-3-12-17-15-10-6-7-11-16(15)21(19,20)18-14-9-5-4-8-13(14)2/h4-11,17-18H,3,12H2,1-2H3. The molecular formula is C16H20N2O2S. The summed E-state index contributed by atoms with van der Waals surface area (Å²) in [6.45, 7) is 4.64. The fraction of sp³-hybridized carbons (Fsp3) is 0.250. The smallest absolute Gasteiger partial charge is 0.263 e. The molecule has 0 aliphatic carbocycles. The van der Waals surface area contributed by atoms with Gasteiger partial charge in [0.05, 0.1) is 11.4 Å². The predicted octanol–water partition coefficient (Wildman–Crippen LogP) is 3.62. The van der Waals surface area contributed by atoms with Crippen LogP contribution in [0.15, 0.2) is 53.4 Å². The van der Waals surface area contributed by atoms with Crippen molar-refractivity contribution in [2.45, 2.75) is 25.2 Å². The number of sulfonamides is 1. The molecular weight excluding hydrogens is 284 g/mol. The molecule has 0 saturated carbocycles. The molecule has 2 aromatic rings. The van der Waals surface area contributed by atoms with E-state index in [1.165, 1.54) is 0 Å². The third-order valence-corrected chi connectivity index (χ3v) is 4.56. The van der Waals surface area contributed by atoms with Crippen molar-refractivity contribution in [3.05, 3.63) is 54.1 Å². The summed E-state index contributed by atoms with van der Waals surface area (Å²) in [6, 6.07) is 14.3. The van der Waals surface area contributed by atoms with Gasteiger partial charge in [-0.15, -0.1) is 0 Å². The summed E-state index contributed by atoms with van der Waals surface area (Å²) in [7, 11) is -3.61. The minimum atomic E-state index is -3.61. The molecule has 0 aromatic heterocycles. The third-order valence-electron chi connectivity index (χ3n) is 3.13. The molecule has 5 heteroatoms. The lowest BCUT2D eigenvalue weighted by atomic mass is 10.2. The molecule has 0 aliphatic heterocycles. The van der Waals surface area contributed by atoms with Crippen molar-refractivity contribution >= 4 is 21.4 Å². The van der Waals surface area contributed by atoms with E-state index in [9.17, 15) is 8.42 Å². The molecule has 0 amide bonds. The van der Waals surface area contributed by atoms with Gasteiger partial charge < -0.3 is 5.32 Å². The normalized spacial score (nSPS) is 11.1. The van der Waals surface area contributed by atoms with Crippen molar-refractivity contribution in [1.29, 1.82) is 0 Å². The van der Waals surface area contributed by atoms with E-state index in [-0.39, 0.29) is 4.90 Å². The largest absolute Gasteiger partial charge is 0.384 e. The summed E-state index contributed by atoms with van der Waals surface area (Å²) in [4.78, 5) is 0.265. The molecule has 0 atom stereocenters. The van der Waals surface area contributed by atoms with Crippen molar-refractivity contribution in [3.8, 4) is 0 Å². The lowest BCUT2D eigenvalue weighted by Gasteiger charge is -2.14. The summed E-state index contributed by atoms with van der Waals surface area (Å²) in [5, 5.41) is 3.15. The van der Waals surface area contributed by atoms with Gasteiger partial charge in [0.15, 0.2) is 0 Å². The Balaban J connectivity index is 2.34. The molecule has 0 heterocycles. The first-order valence-corrected chi connectivity index (χ1v) is 8.44. The predicted molar refractivity (Wildman–Crippen MR) is 87.2 cm³/mol. The van der Waals surface area contributed by atoms with Crippen LogP contribution in [0.1, 0.15) is 18.9 Å². The number of anilines is 2. The van der Waals surface area contributed by atoms with Gasteiger partial charge in [-0.3, -0.25) is 4.72 Å². The van der Waals surface area contributed by atoms with Crippen molar-refractivity contribution in [1.82, 2.24) is 0 Å². The highest BCUT2D eigenvalue weighted by Gasteiger charge is 2.18. The van der Waals surface area contributed by atoms with Crippen LogP contribution in [0.4, 0.5) is 11.4 Å². The molecule has 0 aliphatic rings. The second kappa shape index (κ2) is 6.63. The molecule has 4 nitrogen and oxygen atoms in total. The van der Waals surface area contributed by atoms with E-state index in [0.29, 0.717) is 11.4 Å². The van der Waals surface area contributed by atoms with Gasteiger partial charge in [0, 0.05) is 6.54 Å². The highest BCUT2D eigenvalue weighted by atomic mass is 32.2. The number of hydrogen-bond donors (Lipinski definition) is 2. The fourth-order valence-electron chi connectivity index (χ4n) is 1.99. The Hall–Kier alpha value is -2.01. The van der Waals surface area contributed by atoms with Crippen molar-refractivity contribution in [2.24, 2.45) is 0 Å². The number of benzene rings is 2. The highest BCUT2D eigenvalue weighted by Crippen LogP contribution is 2.24. The molecule has 2 rings (SSSR count). The summed E-state index contributed by atoms with van der Waals surface area (Å²) in [5.74, 6) is 0. The van der Waals surface area contributed by atoms with Gasteiger partial charge >= 0.3 is 0 Å². The maximum Gasteiger partial charge on any atom is 0.263 e. The van der Waals surface area contributed by atoms with Crippen LogP contribution in [0.3, 0.4) is 0 Å². The zero-order chi connectivity index (χ0) is 15.3. The van der Waals surface area contributed by atoms with Gasteiger partial charge in [-0.05, 0) is 37.1 Å². The van der Waals surface area contributed by atoms with Crippen molar-refractivity contribution in [3.63, 3.8) is 0 Å². The molecule has 0 bridgehead atoms. The first-order chi connectivity index (χ1) is 10.0. The van der Waals surface area contributed by atoms with Crippen LogP contribution in [0, 0.1) is 6.92 Å². The Morgan fingerprint density at radius 1 is 0.952 bits per heavy atom. The van der Waals surface area contributed by atoms with Crippen LogP contribution in [0.5, 0.6) is 0 Å². The highest BCUT2D eigenvalue weighted by molar-refractivity contribution is 7.92. The van der Waals surface area contributed by atoms with E-state index in [1.54, 1.807) is 24.3 Å². The first kappa shape index (κ1) is 15.4. The molecule has 2 N–H and O–H groups in total. The Morgan fingerprint density at radius 3 is 2.24 bits per heavy atom. The van der Waals surface area contributed by atoms with Crippen LogP contribution >= 0.6 is 0 Å². The van der Waals surface area contributed by atoms with Gasteiger partial charge in [0.2, 0.25) is 0 Å². The maximum absolute atomic E-state index is 12.6. The lowest BCUT2D eigenvalue weighted by Crippen LogP contribution is -2.16. The van der Waals surface area contributed by atoms with E-state index >= 15 is 0 Å². The molecule has 0 spiro atoms. The summed E-state index contributed by atoms with van der Waals surface area (Å²) >= 11 is 0. The van der Waals surface area contributed by atoms with E-state index in [4.69, 9.17) is 0 Å². The first-order valence-electron chi connectivity index (χ1n) is 6.96. The van der Waals surface area contributed by atoms with Crippen molar-refractivity contribution in [2.75, 3.05) is 16.6 Å². The number of nitrogens with one attached hydrogen (secondary N) is 2. The average Bonchev–Trinajstić information content (AvgIpc) is 2.47. The van der Waals surface area contributed by atoms with E-state index in [0.717, 1.165) is 18.5 Å². The zero-order valence-electron chi connectivity index (χ0n) is 12.3. The molecule has 0 fully saturated rings. The molecule has 112 valence electrons. The van der Waals surface area contributed by atoms with Crippen molar-refractivity contribution < 1.29 is 8.42 Å². The van der Waals surface area contributed by atoms with Gasteiger partial charge in [0.25, 0.3) is 10.0 Å². The zero-order valence-corrected chi connectivity index (χ0v) is 13.1. The maximum atomic E-state index is 12.6. The monoisotopic (exact) mass is 304 g/mol.